The number of carbonyl (C=O) groups excluding carboxylic acids is 1. The number of nitrogens with one attached hydrogen (secondary N) is 1. The Bertz CT molecular complexity index is 560. The molecule has 1 aromatic carbocycles. The number of anilines is 1. The summed E-state index contributed by atoms with van der Waals surface area (Å²) in [5, 5.41) is 3.01. The second-order valence-electron chi connectivity index (χ2n) is 5.43. The van der Waals surface area contributed by atoms with Crippen LogP contribution in [0.2, 0.25) is 0 Å². The number of carbonyl (C=O) groups is 1. The van der Waals surface area contributed by atoms with E-state index in [1.807, 2.05) is 13.8 Å². The van der Waals surface area contributed by atoms with Crippen LogP contribution in [-0.4, -0.2) is 30.9 Å². The molecule has 1 fully saturated rings. The lowest BCUT2D eigenvalue weighted by atomic mass is 9.94. The molecule has 0 spiro atoms. The molecule has 1 aromatic rings. The Morgan fingerprint density at radius 2 is 2.10 bits per heavy atom. The summed E-state index contributed by atoms with van der Waals surface area (Å²) in [7, 11) is 0. The molecule has 1 saturated heterocycles. The smallest absolute Gasteiger partial charge is 0.254 e. The highest BCUT2D eigenvalue weighted by Crippen LogP contribution is 2.36. The molecule has 108 valence electrons. The van der Waals surface area contributed by atoms with Crippen molar-refractivity contribution in [1.29, 1.82) is 0 Å². The van der Waals surface area contributed by atoms with Crippen LogP contribution in [0.25, 0.3) is 0 Å². The van der Waals surface area contributed by atoms with E-state index in [0.29, 0.717) is 29.4 Å². The van der Waals surface area contributed by atoms with Crippen molar-refractivity contribution in [2.45, 2.75) is 31.9 Å². The molecule has 3 N–H and O–H groups in total. The van der Waals surface area contributed by atoms with Gasteiger partial charge in [0.2, 0.25) is 6.79 Å². The lowest BCUT2D eigenvalue weighted by Crippen LogP contribution is -2.50. The molecule has 2 aliphatic heterocycles. The molecule has 0 bridgehead atoms. The van der Waals surface area contributed by atoms with Crippen LogP contribution in [0.1, 0.15) is 30.6 Å². The van der Waals surface area contributed by atoms with Gasteiger partial charge >= 0.3 is 0 Å². The SMILES string of the molecule is CC1OCCC1(C)NC(=O)c1cc2c(cc1N)OCO2. The first-order valence-electron chi connectivity index (χ1n) is 6.63. The highest BCUT2D eigenvalue weighted by atomic mass is 16.7. The molecule has 2 unspecified atom stereocenters. The fourth-order valence-electron chi connectivity index (χ4n) is 2.48. The topological polar surface area (TPSA) is 82.8 Å². The lowest BCUT2D eigenvalue weighted by molar-refractivity contribution is 0.0728. The van der Waals surface area contributed by atoms with E-state index in [1.54, 1.807) is 12.1 Å². The molecule has 2 aliphatic rings. The van der Waals surface area contributed by atoms with E-state index >= 15 is 0 Å². The zero-order valence-corrected chi connectivity index (χ0v) is 11.6. The Balaban J connectivity index is 1.84. The Kier molecular flexibility index (Phi) is 2.97. The van der Waals surface area contributed by atoms with Gasteiger partial charge in [-0.3, -0.25) is 4.79 Å². The number of hydrogen-bond acceptors (Lipinski definition) is 5. The summed E-state index contributed by atoms with van der Waals surface area (Å²) in [5.41, 5.74) is 6.32. The van der Waals surface area contributed by atoms with E-state index in [1.165, 1.54) is 0 Å². The first-order chi connectivity index (χ1) is 9.49. The number of rotatable bonds is 2. The van der Waals surface area contributed by atoms with Crippen molar-refractivity contribution < 1.29 is 19.0 Å². The van der Waals surface area contributed by atoms with Crippen LogP contribution in [0, 0.1) is 0 Å². The fourth-order valence-corrected chi connectivity index (χ4v) is 2.48. The summed E-state index contributed by atoms with van der Waals surface area (Å²) < 4.78 is 16.0. The molecule has 1 amide bonds. The molecular formula is C14H18N2O4. The second kappa shape index (κ2) is 4.56. The van der Waals surface area contributed by atoms with Gasteiger partial charge in [0.15, 0.2) is 11.5 Å². The maximum atomic E-state index is 12.4. The molecule has 2 heterocycles. The van der Waals surface area contributed by atoms with E-state index in [9.17, 15) is 4.79 Å². The van der Waals surface area contributed by atoms with Crippen molar-refractivity contribution in [1.82, 2.24) is 5.32 Å². The van der Waals surface area contributed by atoms with Crippen LogP contribution in [0.3, 0.4) is 0 Å². The summed E-state index contributed by atoms with van der Waals surface area (Å²) >= 11 is 0. The van der Waals surface area contributed by atoms with E-state index in [4.69, 9.17) is 19.9 Å². The number of fused-ring (bicyclic) bond motifs is 1. The number of nitrogen functional groups attached to an aromatic ring is 1. The van der Waals surface area contributed by atoms with Gasteiger partial charge in [0.25, 0.3) is 5.91 Å². The van der Waals surface area contributed by atoms with Crippen LogP contribution in [0.15, 0.2) is 12.1 Å². The highest BCUT2D eigenvalue weighted by Gasteiger charge is 2.38. The Morgan fingerprint density at radius 1 is 1.40 bits per heavy atom. The first-order valence-corrected chi connectivity index (χ1v) is 6.63. The monoisotopic (exact) mass is 278 g/mol. The van der Waals surface area contributed by atoms with Crippen LogP contribution in [-0.2, 0) is 4.74 Å². The molecular weight excluding hydrogens is 260 g/mol. The largest absolute Gasteiger partial charge is 0.454 e. The predicted octanol–water partition coefficient (Wildman–Crippen LogP) is 1.29. The van der Waals surface area contributed by atoms with Crippen molar-refractivity contribution >= 4 is 11.6 Å². The molecule has 2 atom stereocenters. The van der Waals surface area contributed by atoms with Gasteiger partial charge < -0.3 is 25.3 Å². The summed E-state index contributed by atoms with van der Waals surface area (Å²) in [5.74, 6) is 0.897. The van der Waals surface area contributed by atoms with Gasteiger partial charge in [-0.05, 0) is 26.3 Å². The normalized spacial score (nSPS) is 27.6. The second-order valence-corrected chi connectivity index (χ2v) is 5.43. The van der Waals surface area contributed by atoms with Crippen LogP contribution < -0.4 is 20.5 Å². The van der Waals surface area contributed by atoms with Gasteiger partial charge in [-0.2, -0.15) is 0 Å². The summed E-state index contributed by atoms with van der Waals surface area (Å²) in [6, 6.07) is 3.24. The average Bonchev–Trinajstić information content (AvgIpc) is 2.96. The molecule has 6 nitrogen and oxygen atoms in total. The van der Waals surface area contributed by atoms with Crippen LogP contribution >= 0.6 is 0 Å². The third kappa shape index (κ3) is 2.06. The fraction of sp³-hybridized carbons (Fsp3) is 0.500. The highest BCUT2D eigenvalue weighted by molar-refractivity contribution is 6.00. The first kappa shape index (κ1) is 13.1. The molecule has 0 radical (unpaired) electrons. The number of amides is 1. The van der Waals surface area contributed by atoms with Gasteiger partial charge in [0.1, 0.15) is 0 Å². The molecule has 20 heavy (non-hydrogen) atoms. The maximum absolute atomic E-state index is 12.4. The van der Waals surface area contributed by atoms with Crippen molar-refractivity contribution in [3.05, 3.63) is 17.7 Å². The zero-order valence-electron chi connectivity index (χ0n) is 11.6. The molecule has 0 aliphatic carbocycles. The Labute approximate surface area is 117 Å². The lowest BCUT2D eigenvalue weighted by Gasteiger charge is -2.29. The maximum Gasteiger partial charge on any atom is 0.254 e. The summed E-state index contributed by atoms with van der Waals surface area (Å²) in [6.07, 6.45) is 0.756. The Morgan fingerprint density at radius 3 is 2.75 bits per heavy atom. The zero-order chi connectivity index (χ0) is 14.3. The quantitative estimate of drug-likeness (QED) is 0.797. The van der Waals surface area contributed by atoms with Gasteiger partial charge in [-0.15, -0.1) is 0 Å². The average molecular weight is 278 g/mol. The van der Waals surface area contributed by atoms with E-state index in [2.05, 4.69) is 5.32 Å². The van der Waals surface area contributed by atoms with E-state index < -0.39 is 0 Å². The standard InChI is InChI=1S/C14H18N2O4/c1-8-14(2,3-4-18-8)16-13(17)9-5-11-12(6-10(9)15)20-7-19-11/h5-6,8H,3-4,7,15H2,1-2H3,(H,16,17). The summed E-state index contributed by atoms with van der Waals surface area (Å²) in [4.78, 5) is 12.4. The van der Waals surface area contributed by atoms with Crippen LogP contribution in [0.5, 0.6) is 11.5 Å². The minimum atomic E-state index is -0.375. The van der Waals surface area contributed by atoms with Crippen LogP contribution in [0.4, 0.5) is 5.69 Å². The number of benzene rings is 1. The third-order valence-electron chi connectivity index (χ3n) is 4.07. The minimum absolute atomic E-state index is 0.0262. The predicted molar refractivity (Wildman–Crippen MR) is 72.9 cm³/mol. The van der Waals surface area contributed by atoms with Gasteiger partial charge in [0, 0.05) is 18.4 Å². The molecule has 3 rings (SSSR count). The van der Waals surface area contributed by atoms with Crippen molar-refractivity contribution in [3.63, 3.8) is 0 Å². The van der Waals surface area contributed by atoms with E-state index in [0.717, 1.165) is 6.42 Å². The summed E-state index contributed by atoms with van der Waals surface area (Å²) in [6.45, 7) is 4.74. The van der Waals surface area contributed by atoms with Gasteiger partial charge in [0.05, 0.1) is 17.2 Å². The third-order valence-corrected chi connectivity index (χ3v) is 4.07. The van der Waals surface area contributed by atoms with Crippen molar-refractivity contribution in [2.24, 2.45) is 0 Å². The number of ether oxygens (including phenoxy) is 3. The van der Waals surface area contributed by atoms with Crippen molar-refractivity contribution in [2.75, 3.05) is 19.1 Å². The van der Waals surface area contributed by atoms with Crippen molar-refractivity contribution in [3.8, 4) is 11.5 Å². The van der Waals surface area contributed by atoms with E-state index in [-0.39, 0.29) is 24.3 Å². The molecule has 0 saturated carbocycles. The minimum Gasteiger partial charge on any atom is -0.454 e. The van der Waals surface area contributed by atoms with Gasteiger partial charge in [-0.1, -0.05) is 0 Å². The number of nitrogens with two attached hydrogens (primary N) is 1. The molecule has 0 aromatic heterocycles. The Hall–Kier alpha value is -1.95. The molecule has 6 heteroatoms. The van der Waals surface area contributed by atoms with Gasteiger partial charge in [-0.25, -0.2) is 0 Å². The number of hydrogen-bond donors (Lipinski definition) is 2.